The Morgan fingerprint density at radius 3 is 2.46 bits per heavy atom. The van der Waals surface area contributed by atoms with Crippen molar-refractivity contribution in [1.82, 2.24) is 5.32 Å². The minimum absolute atomic E-state index is 0.124. The van der Waals surface area contributed by atoms with E-state index in [1.54, 1.807) is 0 Å². The van der Waals surface area contributed by atoms with Gasteiger partial charge >= 0.3 is 5.97 Å². The number of amides is 1. The lowest BCUT2D eigenvalue weighted by molar-refractivity contribution is -0.124. The molecule has 0 spiro atoms. The number of esters is 1. The standard InChI is InChI=1S/C17H16BrNO5/c1-10(11-2-4-12(18)5-3-11)19-16(22)9-24-17(23)14-7-6-13(20)8-15(14)21/h2-8,10,20-21H,9H2,1H3,(H,19,22)/t10-/m1/s1. The first-order chi connectivity index (χ1) is 11.4. The zero-order chi connectivity index (χ0) is 17.7. The highest BCUT2D eigenvalue weighted by molar-refractivity contribution is 9.10. The van der Waals surface area contributed by atoms with Crippen LogP contribution in [0.4, 0.5) is 0 Å². The van der Waals surface area contributed by atoms with Gasteiger partial charge in [0, 0.05) is 10.5 Å². The SMILES string of the molecule is C[C@@H](NC(=O)COC(=O)c1ccc(O)cc1O)c1ccc(Br)cc1. The van der Waals surface area contributed by atoms with Crippen molar-refractivity contribution in [2.24, 2.45) is 0 Å². The quantitative estimate of drug-likeness (QED) is 0.678. The molecule has 1 amide bonds. The predicted molar refractivity (Wildman–Crippen MR) is 90.8 cm³/mol. The first kappa shape index (κ1) is 17.8. The molecule has 0 aliphatic carbocycles. The topological polar surface area (TPSA) is 95.9 Å². The van der Waals surface area contributed by atoms with E-state index in [2.05, 4.69) is 21.2 Å². The van der Waals surface area contributed by atoms with Crippen LogP contribution in [0.25, 0.3) is 0 Å². The van der Waals surface area contributed by atoms with Gasteiger partial charge in [0.2, 0.25) is 0 Å². The maximum absolute atomic E-state index is 11.9. The third-order valence-electron chi connectivity index (χ3n) is 3.28. The molecule has 0 saturated heterocycles. The van der Waals surface area contributed by atoms with Gasteiger partial charge in [-0.15, -0.1) is 0 Å². The summed E-state index contributed by atoms with van der Waals surface area (Å²) >= 11 is 3.34. The van der Waals surface area contributed by atoms with Gasteiger partial charge in [0.05, 0.1) is 6.04 Å². The Balaban J connectivity index is 1.88. The second-order valence-corrected chi connectivity index (χ2v) is 6.03. The van der Waals surface area contributed by atoms with Crippen LogP contribution in [0.1, 0.15) is 28.9 Å². The number of aromatic hydroxyl groups is 2. The molecule has 0 saturated carbocycles. The van der Waals surface area contributed by atoms with Gasteiger partial charge < -0.3 is 20.3 Å². The predicted octanol–water partition coefficient (Wildman–Crippen LogP) is 2.89. The Morgan fingerprint density at radius 1 is 1.17 bits per heavy atom. The maximum atomic E-state index is 11.9. The molecule has 0 unspecified atom stereocenters. The molecule has 0 aliphatic heterocycles. The minimum Gasteiger partial charge on any atom is -0.508 e. The molecule has 2 rings (SSSR count). The van der Waals surface area contributed by atoms with E-state index in [0.717, 1.165) is 16.1 Å². The van der Waals surface area contributed by atoms with E-state index in [1.165, 1.54) is 12.1 Å². The van der Waals surface area contributed by atoms with E-state index in [9.17, 15) is 19.8 Å². The smallest absolute Gasteiger partial charge is 0.342 e. The number of hydrogen-bond acceptors (Lipinski definition) is 5. The molecule has 2 aromatic carbocycles. The van der Waals surface area contributed by atoms with E-state index in [-0.39, 0.29) is 17.4 Å². The number of nitrogens with one attached hydrogen (secondary N) is 1. The van der Waals surface area contributed by atoms with Crippen LogP contribution in [-0.2, 0) is 9.53 Å². The number of benzene rings is 2. The summed E-state index contributed by atoms with van der Waals surface area (Å²) in [5.74, 6) is -1.90. The fraction of sp³-hybridized carbons (Fsp3) is 0.176. The Morgan fingerprint density at radius 2 is 1.83 bits per heavy atom. The third kappa shape index (κ3) is 4.73. The molecule has 6 nitrogen and oxygen atoms in total. The van der Waals surface area contributed by atoms with Crippen LogP contribution < -0.4 is 5.32 Å². The highest BCUT2D eigenvalue weighted by atomic mass is 79.9. The van der Waals surface area contributed by atoms with Gasteiger partial charge in [0.25, 0.3) is 5.91 Å². The third-order valence-corrected chi connectivity index (χ3v) is 3.81. The molecule has 0 aliphatic rings. The summed E-state index contributed by atoms with van der Waals surface area (Å²) in [4.78, 5) is 23.7. The Labute approximate surface area is 147 Å². The molecule has 1 atom stereocenters. The summed E-state index contributed by atoms with van der Waals surface area (Å²) in [6.07, 6.45) is 0. The van der Waals surface area contributed by atoms with E-state index >= 15 is 0 Å². The first-order valence-corrected chi connectivity index (χ1v) is 7.90. The summed E-state index contributed by atoms with van der Waals surface area (Å²) < 4.78 is 5.80. The van der Waals surface area contributed by atoms with E-state index in [4.69, 9.17) is 4.74 Å². The number of carbonyl (C=O) groups is 2. The number of rotatable bonds is 5. The van der Waals surface area contributed by atoms with Crippen LogP contribution in [0.3, 0.4) is 0 Å². The molecule has 0 heterocycles. The van der Waals surface area contributed by atoms with Crippen molar-refractivity contribution in [3.05, 3.63) is 58.1 Å². The fourth-order valence-corrected chi connectivity index (χ4v) is 2.28. The molecule has 0 fully saturated rings. The van der Waals surface area contributed by atoms with Crippen LogP contribution in [0.2, 0.25) is 0 Å². The molecular weight excluding hydrogens is 378 g/mol. The molecular formula is C17H16BrNO5. The molecule has 0 bridgehead atoms. The summed E-state index contributed by atoms with van der Waals surface area (Å²) in [5, 5.41) is 21.5. The van der Waals surface area contributed by atoms with Gasteiger partial charge in [-0.25, -0.2) is 4.79 Å². The lowest BCUT2D eigenvalue weighted by Gasteiger charge is -2.14. The number of phenols is 2. The van der Waals surface area contributed by atoms with Gasteiger partial charge in [-0.05, 0) is 36.8 Å². The van der Waals surface area contributed by atoms with E-state index in [1.807, 2.05) is 31.2 Å². The van der Waals surface area contributed by atoms with Crippen LogP contribution in [0.15, 0.2) is 46.9 Å². The normalized spacial score (nSPS) is 11.6. The van der Waals surface area contributed by atoms with Gasteiger partial charge in [-0.1, -0.05) is 28.1 Å². The van der Waals surface area contributed by atoms with Crippen molar-refractivity contribution < 1.29 is 24.5 Å². The van der Waals surface area contributed by atoms with Crippen LogP contribution in [0, 0.1) is 0 Å². The second kappa shape index (κ2) is 7.83. The van der Waals surface area contributed by atoms with Crippen molar-refractivity contribution in [3.63, 3.8) is 0 Å². The molecule has 126 valence electrons. The van der Waals surface area contributed by atoms with E-state index in [0.29, 0.717) is 0 Å². The number of ether oxygens (including phenoxy) is 1. The lowest BCUT2D eigenvalue weighted by Crippen LogP contribution is -2.31. The highest BCUT2D eigenvalue weighted by Gasteiger charge is 2.16. The second-order valence-electron chi connectivity index (χ2n) is 5.12. The first-order valence-electron chi connectivity index (χ1n) is 7.10. The summed E-state index contributed by atoms with van der Waals surface area (Å²) in [6, 6.07) is 10.7. The molecule has 2 aromatic rings. The van der Waals surface area contributed by atoms with Crippen molar-refractivity contribution >= 4 is 27.8 Å². The van der Waals surface area contributed by atoms with Crippen LogP contribution in [0.5, 0.6) is 11.5 Å². The van der Waals surface area contributed by atoms with Gasteiger partial charge in [0.15, 0.2) is 6.61 Å². The van der Waals surface area contributed by atoms with Crippen molar-refractivity contribution in [2.45, 2.75) is 13.0 Å². The molecule has 0 aromatic heterocycles. The Bertz CT molecular complexity index is 745. The zero-order valence-electron chi connectivity index (χ0n) is 12.8. The monoisotopic (exact) mass is 393 g/mol. The Hall–Kier alpha value is -2.54. The van der Waals surface area contributed by atoms with Gasteiger partial charge in [-0.2, -0.15) is 0 Å². The largest absolute Gasteiger partial charge is 0.508 e. The van der Waals surface area contributed by atoms with Crippen molar-refractivity contribution in [1.29, 1.82) is 0 Å². The zero-order valence-corrected chi connectivity index (χ0v) is 14.4. The summed E-state index contributed by atoms with van der Waals surface area (Å²) in [5.41, 5.74) is 0.788. The molecule has 0 radical (unpaired) electrons. The average molecular weight is 394 g/mol. The highest BCUT2D eigenvalue weighted by Crippen LogP contribution is 2.23. The summed E-state index contributed by atoms with van der Waals surface area (Å²) in [6.45, 7) is 1.34. The van der Waals surface area contributed by atoms with Crippen molar-refractivity contribution in [3.8, 4) is 11.5 Å². The number of hydrogen-bond donors (Lipinski definition) is 3. The number of phenolic OH excluding ortho intramolecular Hbond substituents is 2. The van der Waals surface area contributed by atoms with Gasteiger partial charge in [-0.3, -0.25) is 4.79 Å². The lowest BCUT2D eigenvalue weighted by atomic mass is 10.1. The number of halogens is 1. The Kier molecular flexibility index (Phi) is 5.81. The molecule has 7 heteroatoms. The van der Waals surface area contributed by atoms with Crippen LogP contribution >= 0.6 is 15.9 Å². The minimum atomic E-state index is -0.848. The average Bonchev–Trinajstić information content (AvgIpc) is 2.53. The maximum Gasteiger partial charge on any atom is 0.342 e. The van der Waals surface area contributed by atoms with Gasteiger partial charge in [0.1, 0.15) is 17.1 Å². The molecule has 24 heavy (non-hydrogen) atoms. The summed E-state index contributed by atoms with van der Waals surface area (Å²) in [7, 11) is 0. The molecule has 3 N–H and O–H groups in total. The number of carbonyl (C=O) groups excluding carboxylic acids is 2. The van der Waals surface area contributed by atoms with Crippen LogP contribution in [-0.4, -0.2) is 28.7 Å². The fourth-order valence-electron chi connectivity index (χ4n) is 2.02. The van der Waals surface area contributed by atoms with E-state index < -0.39 is 24.2 Å². The van der Waals surface area contributed by atoms with Crippen molar-refractivity contribution in [2.75, 3.05) is 6.61 Å².